The third kappa shape index (κ3) is 3.99. The van der Waals surface area contributed by atoms with Crippen molar-refractivity contribution in [3.63, 3.8) is 0 Å². The van der Waals surface area contributed by atoms with Crippen LogP contribution in [-0.4, -0.2) is 25.0 Å². The lowest BCUT2D eigenvalue weighted by Gasteiger charge is -2.18. The molecule has 2 heterocycles. The summed E-state index contributed by atoms with van der Waals surface area (Å²) >= 11 is 1.42. The maximum atomic E-state index is 13.5. The molecule has 0 spiro atoms. The van der Waals surface area contributed by atoms with E-state index in [1.165, 1.54) is 16.2 Å². The molecule has 32 heavy (non-hydrogen) atoms. The van der Waals surface area contributed by atoms with Crippen molar-refractivity contribution in [2.75, 3.05) is 23.4 Å². The predicted molar refractivity (Wildman–Crippen MR) is 127 cm³/mol. The number of carbonyl (C=O) groups is 2. The van der Waals surface area contributed by atoms with Crippen LogP contribution >= 0.6 is 11.3 Å². The first-order chi connectivity index (χ1) is 15.5. The first-order valence-corrected chi connectivity index (χ1v) is 11.3. The Kier molecular flexibility index (Phi) is 6.28. The molecule has 7 heteroatoms. The van der Waals surface area contributed by atoms with Gasteiger partial charge in [0.1, 0.15) is 5.70 Å². The molecular weight excluding hydrogens is 424 g/mol. The Morgan fingerprint density at radius 2 is 1.66 bits per heavy atom. The Morgan fingerprint density at radius 3 is 2.34 bits per heavy atom. The molecule has 1 aromatic heterocycles. The van der Waals surface area contributed by atoms with E-state index in [9.17, 15) is 9.59 Å². The van der Waals surface area contributed by atoms with Gasteiger partial charge in [0.15, 0.2) is 11.5 Å². The van der Waals surface area contributed by atoms with Gasteiger partial charge in [-0.3, -0.25) is 9.59 Å². The van der Waals surface area contributed by atoms with Gasteiger partial charge in [-0.15, -0.1) is 11.3 Å². The van der Waals surface area contributed by atoms with Crippen molar-refractivity contribution in [1.29, 1.82) is 0 Å². The fourth-order valence-electron chi connectivity index (χ4n) is 3.60. The first-order valence-electron chi connectivity index (χ1n) is 10.4. The van der Waals surface area contributed by atoms with Crippen LogP contribution in [0, 0.1) is 6.92 Å². The van der Waals surface area contributed by atoms with Crippen LogP contribution in [0.4, 0.5) is 11.4 Å². The number of hydrogen-bond donors (Lipinski definition) is 1. The van der Waals surface area contributed by atoms with E-state index in [-0.39, 0.29) is 17.5 Å². The van der Waals surface area contributed by atoms with Gasteiger partial charge in [-0.1, -0.05) is 24.3 Å². The highest BCUT2D eigenvalue weighted by Crippen LogP contribution is 2.38. The van der Waals surface area contributed by atoms with Crippen molar-refractivity contribution >= 4 is 40.1 Å². The minimum Gasteiger partial charge on any atom is -0.490 e. The molecule has 0 saturated carbocycles. The zero-order valence-electron chi connectivity index (χ0n) is 18.2. The summed E-state index contributed by atoms with van der Waals surface area (Å²) in [5, 5.41) is 5.07. The maximum Gasteiger partial charge on any atom is 0.282 e. The average molecular weight is 449 g/mol. The second kappa shape index (κ2) is 9.28. The number of amides is 2. The number of para-hydroxylation sites is 1. The third-order valence-corrected chi connectivity index (χ3v) is 5.91. The monoisotopic (exact) mass is 448 g/mol. The Hall–Kier alpha value is -3.58. The van der Waals surface area contributed by atoms with E-state index in [2.05, 4.69) is 5.32 Å². The van der Waals surface area contributed by atoms with E-state index in [0.29, 0.717) is 41.7 Å². The highest BCUT2D eigenvalue weighted by molar-refractivity contribution is 7.11. The summed E-state index contributed by atoms with van der Waals surface area (Å²) in [5.41, 5.74) is 2.66. The van der Waals surface area contributed by atoms with E-state index < -0.39 is 0 Å². The van der Waals surface area contributed by atoms with Gasteiger partial charge < -0.3 is 14.8 Å². The van der Waals surface area contributed by atoms with Crippen LogP contribution in [-0.2, 0) is 9.59 Å². The molecule has 0 saturated heterocycles. The standard InChI is InChI=1S/C25H24N2O4S/c1-4-30-19-13-12-17(15-20(19)31-5-2)26-23-22(21-11-8-14-32-21)24(28)27(25(23)29)18-10-7-6-9-16(18)3/h6-15,26H,4-5H2,1-3H3. The SMILES string of the molecule is CCOc1ccc(NC2=C(c3cccs3)C(=O)N(c3ccccc3C)C2=O)cc1OCC. The topological polar surface area (TPSA) is 67.9 Å². The molecule has 1 N–H and O–H groups in total. The van der Waals surface area contributed by atoms with E-state index in [1.54, 1.807) is 24.3 Å². The number of carbonyl (C=O) groups excluding carboxylic acids is 2. The summed E-state index contributed by atoms with van der Waals surface area (Å²) < 4.78 is 11.3. The lowest BCUT2D eigenvalue weighted by Crippen LogP contribution is -2.32. The van der Waals surface area contributed by atoms with Crippen molar-refractivity contribution in [3.8, 4) is 11.5 Å². The fourth-order valence-corrected chi connectivity index (χ4v) is 4.37. The zero-order valence-corrected chi connectivity index (χ0v) is 19.0. The Labute approximate surface area is 191 Å². The first kappa shape index (κ1) is 21.6. The van der Waals surface area contributed by atoms with Gasteiger partial charge in [-0.2, -0.15) is 0 Å². The Balaban J connectivity index is 1.76. The normalized spacial score (nSPS) is 13.7. The quantitative estimate of drug-likeness (QED) is 0.477. The van der Waals surface area contributed by atoms with Crippen LogP contribution in [0.1, 0.15) is 24.3 Å². The average Bonchev–Trinajstić information content (AvgIpc) is 3.38. The molecule has 2 amide bonds. The Bertz CT molecular complexity index is 1180. The molecule has 0 atom stereocenters. The van der Waals surface area contributed by atoms with E-state index in [4.69, 9.17) is 9.47 Å². The van der Waals surface area contributed by atoms with Gasteiger partial charge in [-0.05, 0) is 56.0 Å². The van der Waals surface area contributed by atoms with E-state index >= 15 is 0 Å². The highest BCUT2D eigenvalue weighted by atomic mass is 32.1. The molecule has 2 aromatic carbocycles. The number of aryl methyl sites for hydroxylation is 1. The second-order valence-corrected chi connectivity index (χ2v) is 8.06. The van der Waals surface area contributed by atoms with E-state index in [0.717, 1.165) is 10.4 Å². The highest BCUT2D eigenvalue weighted by Gasteiger charge is 2.41. The third-order valence-electron chi connectivity index (χ3n) is 5.02. The smallest absolute Gasteiger partial charge is 0.282 e. The number of anilines is 2. The number of hydrogen-bond acceptors (Lipinski definition) is 6. The largest absolute Gasteiger partial charge is 0.490 e. The number of nitrogens with one attached hydrogen (secondary N) is 1. The number of imide groups is 1. The summed E-state index contributed by atoms with van der Waals surface area (Å²) in [6, 6.07) is 16.5. The summed E-state index contributed by atoms with van der Waals surface area (Å²) in [6.07, 6.45) is 0. The molecule has 6 nitrogen and oxygen atoms in total. The zero-order chi connectivity index (χ0) is 22.7. The van der Waals surface area contributed by atoms with Crippen LogP contribution in [0.2, 0.25) is 0 Å². The van der Waals surface area contributed by atoms with Crippen LogP contribution in [0.3, 0.4) is 0 Å². The second-order valence-electron chi connectivity index (χ2n) is 7.11. The number of nitrogens with zero attached hydrogens (tertiary/aromatic N) is 1. The molecule has 1 aliphatic rings. The molecule has 0 radical (unpaired) electrons. The molecular formula is C25H24N2O4S. The van der Waals surface area contributed by atoms with Gasteiger partial charge in [0.25, 0.3) is 11.8 Å². The minimum atomic E-state index is -0.389. The van der Waals surface area contributed by atoms with Crippen LogP contribution < -0.4 is 19.7 Å². The van der Waals surface area contributed by atoms with Crippen molar-refractivity contribution < 1.29 is 19.1 Å². The van der Waals surface area contributed by atoms with Crippen LogP contribution in [0.5, 0.6) is 11.5 Å². The number of benzene rings is 2. The van der Waals surface area contributed by atoms with Crippen LogP contribution in [0.15, 0.2) is 65.7 Å². The molecule has 0 fully saturated rings. The van der Waals surface area contributed by atoms with Crippen molar-refractivity contribution in [2.45, 2.75) is 20.8 Å². The van der Waals surface area contributed by atoms with Gasteiger partial charge in [0, 0.05) is 16.6 Å². The number of rotatable bonds is 8. The molecule has 0 unspecified atom stereocenters. The van der Waals surface area contributed by atoms with E-state index in [1.807, 2.05) is 56.5 Å². The van der Waals surface area contributed by atoms with Crippen molar-refractivity contribution in [1.82, 2.24) is 0 Å². The van der Waals surface area contributed by atoms with Crippen molar-refractivity contribution in [2.24, 2.45) is 0 Å². The van der Waals surface area contributed by atoms with Gasteiger partial charge in [0.05, 0.1) is 24.5 Å². The Morgan fingerprint density at radius 1 is 0.906 bits per heavy atom. The number of thiophene rings is 1. The molecule has 1 aliphatic heterocycles. The summed E-state index contributed by atoms with van der Waals surface area (Å²) in [6.45, 7) is 6.67. The lowest BCUT2D eigenvalue weighted by atomic mass is 10.1. The van der Waals surface area contributed by atoms with Crippen molar-refractivity contribution in [3.05, 3.63) is 76.1 Å². The summed E-state index contributed by atoms with van der Waals surface area (Å²) in [7, 11) is 0. The number of ether oxygens (including phenoxy) is 2. The summed E-state index contributed by atoms with van der Waals surface area (Å²) in [4.78, 5) is 28.9. The maximum absolute atomic E-state index is 13.5. The molecule has 0 bridgehead atoms. The minimum absolute atomic E-state index is 0.243. The van der Waals surface area contributed by atoms with Gasteiger partial charge >= 0.3 is 0 Å². The molecule has 0 aliphatic carbocycles. The molecule has 164 valence electrons. The molecule has 4 rings (SSSR count). The van der Waals surface area contributed by atoms with Gasteiger partial charge in [0.2, 0.25) is 0 Å². The summed E-state index contributed by atoms with van der Waals surface area (Å²) in [5.74, 6) is 0.470. The lowest BCUT2D eigenvalue weighted by molar-refractivity contribution is -0.120. The predicted octanol–water partition coefficient (Wildman–Crippen LogP) is 5.25. The van der Waals surface area contributed by atoms with Crippen LogP contribution in [0.25, 0.3) is 5.57 Å². The molecule has 3 aromatic rings. The fraction of sp³-hybridized carbons (Fsp3) is 0.200. The van der Waals surface area contributed by atoms with Gasteiger partial charge in [-0.25, -0.2) is 4.90 Å².